The molecule has 2 aliphatic carbocycles. The van der Waals surface area contributed by atoms with Crippen LogP contribution in [0.2, 0.25) is 0 Å². The molecule has 0 amide bonds. The molecule has 0 saturated carbocycles. The van der Waals surface area contributed by atoms with Crippen molar-refractivity contribution in [3.05, 3.63) is 34.4 Å². The first-order chi connectivity index (χ1) is 10.3. The molecule has 3 aliphatic rings. The van der Waals surface area contributed by atoms with Crippen molar-refractivity contribution in [3.8, 4) is 11.5 Å². The van der Waals surface area contributed by atoms with Crippen LogP contribution in [0.4, 0.5) is 0 Å². The number of rotatable bonds is 0. The smallest absolute Gasteiger partial charge is 0.196 e. The fourth-order valence-electron chi connectivity index (χ4n) is 3.33. The fraction of sp³-hybridized carbons (Fsp3) is 0.333. The number of carbonyl (C=O) groups excluding carboxylic acids is 2. The second-order valence-electron chi connectivity index (χ2n) is 5.95. The lowest BCUT2D eigenvalue weighted by molar-refractivity contribution is -0.0616. The number of aliphatic hydroxyl groups excluding tert-OH is 1. The van der Waals surface area contributed by atoms with Gasteiger partial charge in [-0.05, 0) is 19.1 Å². The van der Waals surface area contributed by atoms with E-state index in [9.17, 15) is 30.0 Å². The van der Waals surface area contributed by atoms with Crippen LogP contribution in [0.3, 0.4) is 0 Å². The summed E-state index contributed by atoms with van der Waals surface area (Å²) in [6, 6.07) is 2.21. The molecule has 1 aromatic rings. The van der Waals surface area contributed by atoms with Crippen molar-refractivity contribution in [2.24, 2.45) is 0 Å². The van der Waals surface area contributed by atoms with Gasteiger partial charge in [0.1, 0.15) is 35.4 Å². The average molecular weight is 304 g/mol. The van der Waals surface area contributed by atoms with E-state index < -0.39 is 47.0 Å². The van der Waals surface area contributed by atoms with Gasteiger partial charge in [-0.25, -0.2) is 0 Å². The first kappa shape index (κ1) is 13.4. The molecule has 0 aromatic heterocycles. The molecule has 114 valence electrons. The SMILES string of the molecule is C[C@]1(O)[C@@H](O)C2=C(C(=O)c3c(O)ccc(O)c3C2=O)[C@@H]2O[C@@H]21. The van der Waals surface area contributed by atoms with Crippen LogP contribution in [-0.4, -0.2) is 55.9 Å². The summed E-state index contributed by atoms with van der Waals surface area (Å²) in [5.74, 6) is -2.37. The van der Waals surface area contributed by atoms with Gasteiger partial charge < -0.3 is 25.2 Å². The number of ketones is 2. The molecular formula is C15H12O7. The molecule has 22 heavy (non-hydrogen) atoms. The molecule has 0 radical (unpaired) electrons. The van der Waals surface area contributed by atoms with Gasteiger partial charge in [-0.2, -0.15) is 0 Å². The maximum atomic E-state index is 12.6. The van der Waals surface area contributed by atoms with Gasteiger partial charge >= 0.3 is 0 Å². The Hall–Kier alpha value is -2.22. The predicted octanol–water partition coefficient (Wildman–Crippen LogP) is -0.334. The first-order valence-electron chi connectivity index (χ1n) is 6.71. The van der Waals surface area contributed by atoms with E-state index in [-0.39, 0.29) is 22.3 Å². The Morgan fingerprint density at radius 1 is 1.05 bits per heavy atom. The second kappa shape index (κ2) is 3.75. The Morgan fingerprint density at radius 2 is 1.55 bits per heavy atom. The van der Waals surface area contributed by atoms with Crippen LogP contribution in [-0.2, 0) is 4.74 Å². The normalized spacial score (nSPS) is 35.9. The summed E-state index contributed by atoms with van der Waals surface area (Å²) in [5, 5.41) is 40.3. The molecule has 1 saturated heterocycles. The van der Waals surface area contributed by atoms with E-state index in [1.165, 1.54) is 6.92 Å². The molecule has 1 fully saturated rings. The van der Waals surface area contributed by atoms with Crippen LogP contribution in [0, 0.1) is 0 Å². The minimum absolute atomic E-state index is 0.0533. The number of epoxide rings is 1. The highest BCUT2D eigenvalue weighted by Crippen LogP contribution is 2.51. The van der Waals surface area contributed by atoms with E-state index in [1.54, 1.807) is 0 Å². The molecule has 7 heteroatoms. The van der Waals surface area contributed by atoms with Crippen molar-refractivity contribution >= 4 is 11.6 Å². The number of Topliss-reactive ketones (excluding diaryl/α,β-unsaturated/α-hetero) is 2. The van der Waals surface area contributed by atoms with Crippen molar-refractivity contribution in [2.75, 3.05) is 0 Å². The largest absolute Gasteiger partial charge is 0.507 e. The van der Waals surface area contributed by atoms with Crippen LogP contribution >= 0.6 is 0 Å². The van der Waals surface area contributed by atoms with Crippen molar-refractivity contribution in [1.82, 2.24) is 0 Å². The van der Waals surface area contributed by atoms with Crippen LogP contribution in [0.15, 0.2) is 23.3 Å². The number of fused-ring (bicyclic) bond motifs is 3. The van der Waals surface area contributed by atoms with Crippen molar-refractivity contribution < 1.29 is 34.8 Å². The van der Waals surface area contributed by atoms with Crippen LogP contribution in [0.5, 0.6) is 11.5 Å². The minimum atomic E-state index is -1.70. The standard InChI is InChI=1S/C15H12O7/c1-15(21)13(20)9-8(12-14(15)22-12)10(18)6-4(16)2-3-5(17)7(6)11(9)19/h2-3,12-14,16-17,20-21H,1H3/t12-,13-,14-,15-/m0/s1. The number of hydrogen-bond acceptors (Lipinski definition) is 7. The van der Waals surface area contributed by atoms with Gasteiger partial charge in [0.2, 0.25) is 0 Å². The van der Waals surface area contributed by atoms with Crippen LogP contribution in [0.1, 0.15) is 27.6 Å². The maximum Gasteiger partial charge on any atom is 0.196 e. The zero-order valence-corrected chi connectivity index (χ0v) is 11.4. The van der Waals surface area contributed by atoms with Gasteiger partial charge in [-0.1, -0.05) is 0 Å². The highest BCUT2D eigenvalue weighted by Gasteiger charge is 2.65. The topological polar surface area (TPSA) is 128 Å². The molecule has 4 rings (SSSR count). The summed E-state index contributed by atoms with van der Waals surface area (Å²) in [4.78, 5) is 25.2. The van der Waals surface area contributed by atoms with E-state index in [2.05, 4.69) is 0 Å². The monoisotopic (exact) mass is 304 g/mol. The third kappa shape index (κ3) is 1.36. The zero-order chi connectivity index (χ0) is 16.0. The summed E-state index contributed by atoms with van der Waals surface area (Å²) in [5.41, 5.74) is -2.70. The Kier molecular flexibility index (Phi) is 2.29. The van der Waals surface area contributed by atoms with Crippen molar-refractivity contribution in [2.45, 2.75) is 30.8 Å². The van der Waals surface area contributed by atoms with E-state index in [0.717, 1.165) is 12.1 Å². The van der Waals surface area contributed by atoms with E-state index >= 15 is 0 Å². The zero-order valence-electron chi connectivity index (χ0n) is 11.4. The van der Waals surface area contributed by atoms with Gasteiger partial charge in [-0.3, -0.25) is 9.59 Å². The maximum absolute atomic E-state index is 12.6. The molecule has 7 nitrogen and oxygen atoms in total. The number of aromatic hydroxyl groups is 2. The summed E-state index contributed by atoms with van der Waals surface area (Å²) in [6.07, 6.45) is -3.18. The van der Waals surface area contributed by atoms with Gasteiger partial charge in [0.05, 0.1) is 11.1 Å². The second-order valence-corrected chi connectivity index (χ2v) is 5.95. The average Bonchev–Trinajstić information content (AvgIpc) is 3.24. The third-order valence-corrected chi connectivity index (χ3v) is 4.57. The molecule has 4 N–H and O–H groups in total. The minimum Gasteiger partial charge on any atom is -0.507 e. The Labute approximate surface area is 124 Å². The number of aliphatic hydroxyl groups is 2. The highest BCUT2D eigenvalue weighted by atomic mass is 16.6. The molecule has 1 aliphatic heterocycles. The Balaban J connectivity index is 2.01. The van der Waals surface area contributed by atoms with E-state index in [1.807, 2.05) is 0 Å². The number of benzene rings is 1. The summed E-state index contributed by atoms with van der Waals surface area (Å²) in [7, 11) is 0. The van der Waals surface area contributed by atoms with Crippen molar-refractivity contribution in [3.63, 3.8) is 0 Å². The predicted molar refractivity (Wildman–Crippen MR) is 70.8 cm³/mol. The molecule has 1 aromatic carbocycles. The number of hydrogen-bond donors (Lipinski definition) is 4. The molecule has 0 bridgehead atoms. The van der Waals surface area contributed by atoms with Gasteiger partial charge in [0.25, 0.3) is 0 Å². The van der Waals surface area contributed by atoms with E-state index in [4.69, 9.17) is 4.74 Å². The van der Waals surface area contributed by atoms with Gasteiger partial charge in [0.15, 0.2) is 11.6 Å². The summed E-state index contributed by atoms with van der Waals surface area (Å²) < 4.78 is 5.25. The Morgan fingerprint density at radius 3 is 2.09 bits per heavy atom. The molecular weight excluding hydrogens is 292 g/mol. The number of ether oxygens (including phenoxy) is 1. The lowest BCUT2D eigenvalue weighted by Gasteiger charge is -2.35. The number of carbonyl (C=O) groups is 2. The highest BCUT2D eigenvalue weighted by molar-refractivity contribution is 6.30. The lowest BCUT2D eigenvalue weighted by Crippen LogP contribution is -2.52. The molecule has 4 atom stereocenters. The molecule has 1 heterocycles. The fourth-order valence-corrected chi connectivity index (χ4v) is 3.33. The molecule has 0 unspecified atom stereocenters. The quantitative estimate of drug-likeness (QED) is 0.381. The van der Waals surface area contributed by atoms with Gasteiger partial charge in [-0.15, -0.1) is 0 Å². The molecule has 0 spiro atoms. The first-order valence-corrected chi connectivity index (χ1v) is 6.71. The summed E-state index contributed by atoms with van der Waals surface area (Å²) >= 11 is 0. The van der Waals surface area contributed by atoms with Gasteiger partial charge in [0, 0.05) is 11.1 Å². The summed E-state index contributed by atoms with van der Waals surface area (Å²) in [6.45, 7) is 1.32. The number of phenols is 2. The third-order valence-electron chi connectivity index (χ3n) is 4.57. The van der Waals surface area contributed by atoms with Crippen LogP contribution in [0.25, 0.3) is 0 Å². The van der Waals surface area contributed by atoms with E-state index in [0.29, 0.717) is 0 Å². The lowest BCUT2D eigenvalue weighted by atomic mass is 9.71. The number of phenolic OH excluding ortho intramolecular Hbond substituents is 2. The Bertz CT molecular complexity index is 789. The van der Waals surface area contributed by atoms with Crippen LogP contribution < -0.4 is 0 Å². The van der Waals surface area contributed by atoms with Crippen molar-refractivity contribution in [1.29, 1.82) is 0 Å².